The summed E-state index contributed by atoms with van der Waals surface area (Å²) in [6.07, 6.45) is 22.0. The number of thioether (sulfide) groups is 1. The van der Waals surface area contributed by atoms with Gasteiger partial charge in [0.1, 0.15) is 0 Å². The molecule has 2 aliphatic heterocycles. The van der Waals surface area contributed by atoms with Crippen molar-refractivity contribution in [3.8, 4) is 0 Å². The molecule has 0 aromatic carbocycles. The van der Waals surface area contributed by atoms with Gasteiger partial charge in [-0.05, 0) is 109 Å². The maximum absolute atomic E-state index is 2.91. The topological polar surface area (TPSA) is 6.48 Å². The van der Waals surface area contributed by atoms with E-state index in [-0.39, 0.29) is 0 Å². The minimum atomic E-state index is 0.345. The molecule has 0 unspecified atom stereocenters. The Morgan fingerprint density at radius 2 is 1.58 bits per heavy atom. The zero-order valence-electron chi connectivity index (χ0n) is 17.4. The zero-order valence-corrected chi connectivity index (χ0v) is 18.3. The quantitative estimate of drug-likeness (QED) is 0.596. The third kappa shape index (κ3) is 4.42. The fraction of sp³-hybridized carbons (Fsp3) is 0.826. The molecule has 0 bridgehead atoms. The third-order valence-electron chi connectivity index (χ3n) is 7.53. The summed E-state index contributed by atoms with van der Waals surface area (Å²) in [6.45, 7) is 7.40. The van der Waals surface area contributed by atoms with Crippen molar-refractivity contribution in [2.75, 3.05) is 45.2 Å². The van der Waals surface area contributed by atoms with Gasteiger partial charge in [0, 0.05) is 11.3 Å². The van der Waals surface area contributed by atoms with E-state index in [0.717, 1.165) is 0 Å². The van der Waals surface area contributed by atoms with Crippen LogP contribution in [0.25, 0.3) is 0 Å². The molecule has 2 heterocycles. The van der Waals surface area contributed by atoms with Crippen molar-refractivity contribution in [1.29, 1.82) is 0 Å². The molecule has 2 nitrogen and oxygen atoms in total. The highest BCUT2D eigenvalue weighted by Gasteiger charge is 2.48. The van der Waals surface area contributed by atoms with Gasteiger partial charge >= 0.3 is 0 Å². The van der Waals surface area contributed by atoms with Crippen LogP contribution in [0, 0.1) is 5.41 Å². The third-order valence-corrected chi connectivity index (χ3v) is 8.13. The molecule has 0 aromatic heterocycles. The monoisotopic (exact) mass is 376 g/mol. The van der Waals surface area contributed by atoms with Crippen molar-refractivity contribution in [3.63, 3.8) is 0 Å². The number of hydrogen-bond acceptors (Lipinski definition) is 3. The molecule has 26 heavy (non-hydrogen) atoms. The molecule has 1 spiro atoms. The van der Waals surface area contributed by atoms with Gasteiger partial charge < -0.3 is 4.90 Å². The second-order valence-electron chi connectivity index (χ2n) is 9.03. The zero-order chi connectivity index (χ0) is 18.5. The lowest BCUT2D eigenvalue weighted by Crippen LogP contribution is -2.56. The van der Waals surface area contributed by atoms with E-state index in [1.54, 1.807) is 5.57 Å². The van der Waals surface area contributed by atoms with Crippen LogP contribution in [0.5, 0.6) is 0 Å². The predicted octanol–water partition coefficient (Wildman–Crippen LogP) is 5.36. The summed E-state index contributed by atoms with van der Waals surface area (Å²) in [6, 6.07) is 0. The average Bonchev–Trinajstić information content (AvgIpc) is 2.69. The Bertz CT molecular complexity index is 486. The number of hydrogen-bond donors (Lipinski definition) is 0. The summed E-state index contributed by atoms with van der Waals surface area (Å²) < 4.78 is 0. The Morgan fingerprint density at radius 3 is 2.15 bits per heavy atom. The average molecular weight is 377 g/mol. The Labute approximate surface area is 166 Å². The van der Waals surface area contributed by atoms with Crippen LogP contribution < -0.4 is 0 Å². The molecule has 3 heteroatoms. The lowest BCUT2D eigenvalue weighted by Gasteiger charge is -2.55. The van der Waals surface area contributed by atoms with Crippen molar-refractivity contribution in [3.05, 3.63) is 23.8 Å². The maximum atomic E-state index is 2.91. The fourth-order valence-electron chi connectivity index (χ4n) is 5.65. The minimum absolute atomic E-state index is 0.345. The minimum Gasteiger partial charge on any atom is -0.306 e. The Kier molecular flexibility index (Phi) is 7.32. The second-order valence-corrected chi connectivity index (χ2v) is 9.90. The van der Waals surface area contributed by atoms with Crippen molar-refractivity contribution < 1.29 is 0 Å². The molecule has 1 saturated carbocycles. The van der Waals surface area contributed by atoms with Gasteiger partial charge in [-0.15, -0.1) is 0 Å². The van der Waals surface area contributed by atoms with E-state index in [1.165, 1.54) is 89.7 Å². The molecule has 3 fully saturated rings. The molecule has 1 aliphatic carbocycles. The highest BCUT2D eigenvalue weighted by Crippen LogP contribution is 2.52. The van der Waals surface area contributed by atoms with Crippen LogP contribution in [-0.4, -0.2) is 60.6 Å². The predicted molar refractivity (Wildman–Crippen MR) is 117 cm³/mol. The number of allylic oxidation sites excluding steroid dienone is 3. The standard InChI is InChI=1S/C23H40N2S/c1-4-5-9-21(20-26-3)23(25-16-7-6-8-17-25)12-10-22(11-13-23)14-18-24(2)19-15-22/h4-5,9H,6-8,10-20H2,1-3H3/b5-4+,21-9?. The van der Waals surface area contributed by atoms with Crippen molar-refractivity contribution in [2.24, 2.45) is 5.41 Å². The first-order valence-electron chi connectivity index (χ1n) is 10.9. The van der Waals surface area contributed by atoms with Crippen LogP contribution in [0.4, 0.5) is 0 Å². The highest BCUT2D eigenvalue weighted by atomic mass is 32.2. The molecular weight excluding hydrogens is 336 g/mol. The van der Waals surface area contributed by atoms with E-state index in [1.807, 2.05) is 11.8 Å². The first kappa shape index (κ1) is 20.5. The van der Waals surface area contributed by atoms with E-state index in [4.69, 9.17) is 0 Å². The van der Waals surface area contributed by atoms with Crippen molar-refractivity contribution in [1.82, 2.24) is 9.80 Å². The molecule has 148 valence electrons. The van der Waals surface area contributed by atoms with Crippen LogP contribution in [0.2, 0.25) is 0 Å². The van der Waals surface area contributed by atoms with Crippen molar-refractivity contribution >= 4 is 11.8 Å². The number of rotatable bonds is 5. The molecule has 0 atom stereocenters. The van der Waals surface area contributed by atoms with E-state index in [9.17, 15) is 0 Å². The summed E-state index contributed by atoms with van der Waals surface area (Å²) >= 11 is 2.01. The summed E-state index contributed by atoms with van der Waals surface area (Å²) in [5.41, 5.74) is 2.70. The fourth-order valence-corrected chi connectivity index (χ4v) is 6.33. The molecule has 0 amide bonds. The largest absolute Gasteiger partial charge is 0.306 e. The van der Waals surface area contributed by atoms with Gasteiger partial charge in [-0.2, -0.15) is 11.8 Å². The van der Waals surface area contributed by atoms with Gasteiger partial charge in [0.05, 0.1) is 0 Å². The number of piperidine rings is 2. The van der Waals surface area contributed by atoms with E-state index >= 15 is 0 Å². The summed E-state index contributed by atoms with van der Waals surface area (Å²) in [7, 11) is 2.30. The first-order chi connectivity index (χ1) is 12.6. The highest BCUT2D eigenvalue weighted by molar-refractivity contribution is 7.98. The smallest absolute Gasteiger partial charge is 0.0432 e. The van der Waals surface area contributed by atoms with Gasteiger partial charge in [-0.3, -0.25) is 4.90 Å². The van der Waals surface area contributed by atoms with Crippen LogP contribution >= 0.6 is 11.8 Å². The van der Waals surface area contributed by atoms with Gasteiger partial charge in [0.2, 0.25) is 0 Å². The Hall–Kier alpha value is -0.250. The second kappa shape index (κ2) is 9.30. The van der Waals surface area contributed by atoms with Crippen molar-refractivity contribution in [2.45, 2.75) is 70.3 Å². The van der Waals surface area contributed by atoms with Gasteiger partial charge in [0.25, 0.3) is 0 Å². The molecular formula is C23H40N2S. The molecule has 0 aromatic rings. The van der Waals surface area contributed by atoms with Gasteiger partial charge in [-0.25, -0.2) is 0 Å². The van der Waals surface area contributed by atoms with Gasteiger partial charge in [-0.1, -0.05) is 24.6 Å². The van der Waals surface area contributed by atoms with E-state index < -0.39 is 0 Å². The van der Waals surface area contributed by atoms with Crippen LogP contribution in [0.3, 0.4) is 0 Å². The lowest BCUT2D eigenvalue weighted by molar-refractivity contribution is -0.00484. The molecule has 0 N–H and O–H groups in total. The summed E-state index contributed by atoms with van der Waals surface area (Å²) in [5.74, 6) is 1.19. The van der Waals surface area contributed by atoms with E-state index in [2.05, 4.69) is 48.3 Å². The van der Waals surface area contributed by atoms with Crippen LogP contribution in [0.1, 0.15) is 64.7 Å². The molecule has 3 aliphatic rings. The Morgan fingerprint density at radius 1 is 0.923 bits per heavy atom. The van der Waals surface area contributed by atoms with Gasteiger partial charge in [0.15, 0.2) is 0 Å². The molecule has 0 radical (unpaired) electrons. The van der Waals surface area contributed by atoms with Crippen LogP contribution in [-0.2, 0) is 0 Å². The van der Waals surface area contributed by atoms with E-state index in [0.29, 0.717) is 11.0 Å². The maximum Gasteiger partial charge on any atom is 0.0432 e. The normalized spacial score (nSPS) is 28.0. The summed E-state index contributed by atoms with van der Waals surface area (Å²) in [4.78, 5) is 5.44. The van der Waals surface area contributed by atoms with Crippen LogP contribution in [0.15, 0.2) is 23.8 Å². The number of likely N-dealkylation sites (tertiary alicyclic amines) is 2. The lowest BCUT2D eigenvalue weighted by atomic mass is 9.61. The SMILES string of the molecule is C/C=C/C=C(CSC)C1(N2CCCCC2)CCC2(CCN(C)CC2)CC1. The first-order valence-corrected chi connectivity index (χ1v) is 12.3. The Balaban J connectivity index is 1.83. The molecule has 3 rings (SSSR count). The summed E-state index contributed by atoms with van der Waals surface area (Å²) in [5, 5.41) is 0. The molecule has 2 saturated heterocycles. The number of nitrogens with zero attached hydrogens (tertiary/aromatic N) is 2.